The van der Waals surface area contributed by atoms with E-state index < -0.39 is 61.3 Å². The summed E-state index contributed by atoms with van der Waals surface area (Å²) in [6, 6.07) is -1.99. The molecule has 2 fully saturated rings. The van der Waals surface area contributed by atoms with Crippen molar-refractivity contribution in [2.75, 3.05) is 26.2 Å². The molecule has 0 aliphatic carbocycles. The molecular formula is C14H31N5O7. The Morgan fingerprint density at radius 3 is 1.92 bits per heavy atom. The molecule has 10 atom stereocenters. The van der Waals surface area contributed by atoms with Crippen molar-refractivity contribution < 1.29 is 34.3 Å². The van der Waals surface area contributed by atoms with Gasteiger partial charge in [-0.2, -0.15) is 0 Å². The summed E-state index contributed by atoms with van der Waals surface area (Å²) in [5, 5.41) is 30.5. The van der Waals surface area contributed by atoms with E-state index >= 15 is 0 Å². The zero-order valence-corrected chi connectivity index (χ0v) is 14.5. The molecule has 0 bridgehead atoms. The zero-order chi connectivity index (χ0) is 19.4. The van der Waals surface area contributed by atoms with Gasteiger partial charge in [-0.15, -0.1) is 0 Å². The van der Waals surface area contributed by atoms with Crippen molar-refractivity contribution in [1.82, 2.24) is 0 Å². The van der Waals surface area contributed by atoms with Crippen molar-refractivity contribution >= 4 is 0 Å². The van der Waals surface area contributed by atoms with E-state index in [4.69, 9.17) is 47.6 Å². The largest absolute Gasteiger partial charge is 0.388 e. The number of aliphatic hydroxyl groups is 3. The topological polar surface area (TPSA) is 228 Å². The highest BCUT2D eigenvalue weighted by atomic mass is 16.7. The van der Waals surface area contributed by atoms with Gasteiger partial charge in [0.05, 0.1) is 18.7 Å². The fourth-order valence-electron chi connectivity index (χ4n) is 3.06. The van der Waals surface area contributed by atoms with Crippen molar-refractivity contribution in [3.8, 4) is 0 Å². The van der Waals surface area contributed by atoms with Gasteiger partial charge in [0, 0.05) is 19.6 Å². The van der Waals surface area contributed by atoms with Crippen LogP contribution in [0.4, 0.5) is 0 Å². The predicted octanol–water partition coefficient (Wildman–Crippen LogP) is -5.55. The molecule has 12 nitrogen and oxygen atoms in total. The van der Waals surface area contributed by atoms with Gasteiger partial charge in [-0.25, -0.2) is 0 Å². The van der Waals surface area contributed by atoms with Gasteiger partial charge in [0.2, 0.25) is 0 Å². The van der Waals surface area contributed by atoms with Crippen LogP contribution in [0.5, 0.6) is 0 Å². The van der Waals surface area contributed by atoms with Crippen molar-refractivity contribution in [3.05, 3.63) is 0 Å². The Bertz CT molecular complexity index is 432. The summed E-state index contributed by atoms with van der Waals surface area (Å²) in [4.78, 5) is 0. The van der Waals surface area contributed by atoms with Crippen LogP contribution in [0, 0.1) is 0 Å². The number of aliphatic hydroxyl groups excluding tert-OH is 3. The van der Waals surface area contributed by atoms with Crippen LogP contribution < -0.4 is 28.7 Å². The van der Waals surface area contributed by atoms with E-state index in [9.17, 15) is 15.3 Å². The maximum absolute atomic E-state index is 10.5. The second kappa shape index (κ2) is 9.64. The van der Waals surface area contributed by atoms with Crippen LogP contribution in [0.15, 0.2) is 0 Å². The monoisotopic (exact) mass is 381 g/mol. The third-order valence-electron chi connectivity index (χ3n) is 4.62. The van der Waals surface area contributed by atoms with E-state index in [2.05, 4.69) is 0 Å². The molecule has 154 valence electrons. The number of nitrogens with two attached hydrogens (primary N) is 5. The molecule has 2 rings (SSSR count). The average Bonchev–Trinajstić information content (AvgIpc) is 2.64. The van der Waals surface area contributed by atoms with E-state index in [0.717, 1.165) is 0 Å². The lowest BCUT2D eigenvalue weighted by Crippen LogP contribution is -2.68. The highest BCUT2D eigenvalue weighted by Crippen LogP contribution is 2.27. The van der Waals surface area contributed by atoms with Crippen LogP contribution in [-0.2, 0) is 18.9 Å². The lowest BCUT2D eigenvalue weighted by Gasteiger charge is -2.46. The van der Waals surface area contributed by atoms with Crippen LogP contribution in [-0.4, -0.2) is 103 Å². The molecule has 26 heavy (non-hydrogen) atoms. The molecule has 0 aromatic heterocycles. The van der Waals surface area contributed by atoms with Crippen LogP contribution in [0.3, 0.4) is 0 Å². The van der Waals surface area contributed by atoms with Crippen molar-refractivity contribution in [3.63, 3.8) is 0 Å². The zero-order valence-electron chi connectivity index (χ0n) is 14.5. The maximum Gasteiger partial charge on any atom is 0.176 e. The summed E-state index contributed by atoms with van der Waals surface area (Å²) < 4.78 is 22.3. The Morgan fingerprint density at radius 1 is 0.769 bits per heavy atom. The van der Waals surface area contributed by atoms with Crippen LogP contribution >= 0.6 is 0 Å². The average molecular weight is 381 g/mol. The fourth-order valence-corrected chi connectivity index (χ4v) is 3.06. The normalized spacial score (nSPS) is 47.1. The third-order valence-corrected chi connectivity index (χ3v) is 4.62. The maximum atomic E-state index is 10.5. The number of hydrogen-bond donors (Lipinski definition) is 8. The van der Waals surface area contributed by atoms with E-state index in [1.165, 1.54) is 0 Å². The second-order valence-corrected chi connectivity index (χ2v) is 6.44. The molecule has 0 amide bonds. The fraction of sp³-hybridized carbons (Fsp3) is 1.00. The van der Waals surface area contributed by atoms with Gasteiger partial charge >= 0.3 is 0 Å². The van der Waals surface area contributed by atoms with Gasteiger partial charge in [0.15, 0.2) is 12.6 Å². The standard InChI is InChI=1S/C14H31N5O7/c15-1-2-23-13-8(19)11(22)12(6(4-17)25-13)26-14-7(18)10(21)9(20)5(3-16)24-14/h5-14,20-22H,1-4,15-19H2/t5-,6-,7-,8-,9-,10-,11-,12-,13-,14+/m1/s1. The van der Waals surface area contributed by atoms with Crippen molar-refractivity contribution in [1.29, 1.82) is 0 Å². The lowest BCUT2D eigenvalue weighted by atomic mass is 9.95. The van der Waals surface area contributed by atoms with Gasteiger partial charge in [-0.05, 0) is 0 Å². The molecule has 2 aliphatic heterocycles. The number of ether oxygens (including phenoxy) is 4. The Kier molecular flexibility index (Phi) is 8.08. The second-order valence-electron chi connectivity index (χ2n) is 6.44. The first-order valence-corrected chi connectivity index (χ1v) is 8.59. The van der Waals surface area contributed by atoms with E-state index in [1.54, 1.807) is 0 Å². The minimum atomic E-state index is -1.31. The molecular weight excluding hydrogens is 350 g/mol. The highest BCUT2D eigenvalue weighted by Gasteiger charge is 2.49. The minimum Gasteiger partial charge on any atom is -0.388 e. The van der Waals surface area contributed by atoms with E-state index in [-0.39, 0.29) is 26.2 Å². The number of hydrogen-bond acceptors (Lipinski definition) is 12. The Morgan fingerprint density at radius 2 is 1.35 bits per heavy atom. The van der Waals surface area contributed by atoms with E-state index in [1.807, 2.05) is 0 Å². The first kappa shape index (κ1) is 21.8. The van der Waals surface area contributed by atoms with Gasteiger partial charge < -0.3 is 62.9 Å². The lowest BCUT2D eigenvalue weighted by molar-refractivity contribution is -0.321. The number of rotatable bonds is 7. The van der Waals surface area contributed by atoms with Crippen LogP contribution in [0.25, 0.3) is 0 Å². The predicted molar refractivity (Wildman–Crippen MR) is 89.3 cm³/mol. The Balaban J connectivity index is 2.09. The molecule has 2 heterocycles. The van der Waals surface area contributed by atoms with Gasteiger partial charge in [0.1, 0.15) is 36.6 Å². The van der Waals surface area contributed by atoms with Crippen LogP contribution in [0.1, 0.15) is 0 Å². The minimum absolute atomic E-state index is 0.00435. The molecule has 2 aliphatic rings. The molecule has 0 spiro atoms. The molecule has 0 saturated carbocycles. The summed E-state index contributed by atoms with van der Waals surface area (Å²) in [6.45, 7) is 0.419. The molecule has 13 N–H and O–H groups in total. The first-order valence-electron chi connectivity index (χ1n) is 8.59. The highest BCUT2D eigenvalue weighted by molar-refractivity contribution is 4.96. The summed E-state index contributed by atoms with van der Waals surface area (Å²) in [5.41, 5.74) is 28.5. The molecule has 2 saturated heterocycles. The Hall–Kier alpha value is -0.480. The molecule has 0 radical (unpaired) electrons. The summed E-state index contributed by atoms with van der Waals surface area (Å²) in [7, 11) is 0. The molecule has 0 unspecified atom stereocenters. The smallest absolute Gasteiger partial charge is 0.176 e. The third kappa shape index (κ3) is 4.49. The van der Waals surface area contributed by atoms with Crippen molar-refractivity contribution in [2.24, 2.45) is 28.7 Å². The summed E-state index contributed by atoms with van der Waals surface area (Å²) in [6.07, 6.45) is -8.41. The Labute approximate surface area is 151 Å². The first-order chi connectivity index (χ1) is 12.3. The van der Waals surface area contributed by atoms with Gasteiger partial charge in [0.25, 0.3) is 0 Å². The SMILES string of the molecule is NCCO[C@@H]1O[C@H](CN)[C@@H](O[C@@H]2O[C@H](CN)[C@@H](O)[C@H](O)[C@H]2N)[C@H](O)[C@H]1N. The van der Waals surface area contributed by atoms with Gasteiger partial charge in [-0.1, -0.05) is 0 Å². The van der Waals surface area contributed by atoms with Gasteiger partial charge in [-0.3, -0.25) is 0 Å². The van der Waals surface area contributed by atoms with Crippen molar-refractivity contribution in [2.45, 2.75) is 61.3 Å². The molecule has 0 aromatic rings. The summed E-state index contributed by atoms with van der Waals surface area (Å²) in [5.74, 6) is 0. The molecule has 0 aromatic carbocycles. The summed E-state index contributed by atoms with van der Waals surface area (Å²) >= 11 is 0. The molecule has 12 heteroatoms. The van der Waals surface area contributed by atoms with E-state index in [0.29, 0.717) is 0 Å². The quantitative estimate of drug-likeness (QED) is 0.206. The van der Waals surface area contributed by atoms with Crippen LogP contribution in [0.2, 0.25) is 0 Å².